The van der Waals surface area contributed by atoms with Gasteiger partial charge in [0.1, 0.15) is 17.2 Å². The van der Waals surface area contributed by atoms with Gasteiger partial charge in [0.15, 0.2) is 0 Å². The number of fused-ring (bicyclic) bond motifs is 1. The topological polar surface area (TPSA) is 62.7 Å². The molecule has 0 spiro atoms. The van der Waals surface area contributed by atoms with Gasteiger partial charge in [0.05, 0.1) is 13.1 Å². The van der Waals surface area contributed by atoms with Crippen LogP contribution in [-0.4, -0.2) is 29.2 Å². The summed E-state index contributed by atoms with van der Waals surface area (Å²) in [6, 6.07) is 7.34. The summed E-state index contributed by atoms with van der Waals surface area (Å²) in [5, 5.41) is 8.93. The van der Waals surface area contributed by atoms with Crippen LogP contribution >= 0.6 is 11.3 Å². The predicted octanol–water partition coefficient (Wildman–Crippen LogP) is 2.24. The van der Waals surface area contributed by atoms with Gasteiger partial charge in [0.25, 0.3) is 0 Å². The summed E-state index contributed by atoms with van der Waals surface area (Å²) in [6.07, 6.45) is 1.70. The van der Waals surface area contributed by atoms with Crippen LogP contribution in [0.4, 0.5) is 5.69 Å². The first-order chi connectivity index (χ1) is 9.24. The van der Waals surface area contributed by atoms with Crippen LogP contribution in [-0.2, 0) is 6.54 Å². The Balaban J connectivity index is 1.82. The molecule has 1 aliphatic heterocycles. The Kier molecular flexibility index (Phi) is 3.08. The minimum absolute atomic E-state index is 0.370. The fourth-order valence-corrected chi connectivity index (χ4v) is 2.90. The zero-order valence-corrected chi connectivity index (χ0v) is 10.9. The largest absolute Gasteiger partial charge is 0.477 e. The summed E-state index contributed by atoms with van der Waals surface area (Å²) < 4.78 is 5.49. The Labute approximate surface area is 114 Å². The minimum atomic E-state index is -0.875. The molecule has 0 aromatic carbocycles. The number of anilines is 1. The van der Waals surface area contributed by atoms with E-state index < -0.39 is 5.97 Å². The molecular weight excluding hydrogens is 264 g/mol. The van der Waals surface area contributed by atoms with E-state index in [1.54, 1.807) is 12.3 Å². The first-order valence-electron chi connectivity index (χ1n) is 5.89. The third kappa shape index (κ3) is 2.39. The molecule has 3 rings (SSSR count). The van der Waals surface area contributed by atoms with Gasteiger partial charge in [-0.3, -0.25) is 0 Å². The predicted molar refractivity (Wildman–Crippen MR) is 72.1 cm³/mol. The van der Waals surface area contributed by atoms with E-state index in [1.807, 2.05) is 18.2 Å². The summed E-state index contributed by atoms with van der Waals surface area (Å²) in [5.41, 5.74) is 0.957. The van der Waals surface area contributed by atoms with Crippen LogP contribution in [0.3, 0.4) is 0 Å². The number of pyridine rings is 1. The highest BCUT2D eigenvalue weighted by molar-refractivity contribution is 7.13. The zero-order chi connectivity index (χ0) is 13.2. The summed E-state index contributed by atoms with van der Waals surface area (Å²) in [5.74, 6) is -0.232. The molecule has 6 heteroatoms. The van der Waals surface area contributed by atoms with E-state index in [4.69, 9.17) is 9.84 Å². The number of nitrogens with zero attached hydrogens (tertiary/aromatic N) is 2. The first kappa shape index (κ1) is 12.0. The lowest BCUT2D eigenvalue weighted by molar-refractivity contribution is 0.0702. The molecule has 0 radical (unpaired) electrons. The van der Waals surface area contributed by atoms with Crippen molar-refractivity contribution in [3.8, 4) is 5.88 Å². The minimum Gasteiger partial charge on any atom is -0.477 e. The van der Waals surface area contributed by atoms with Gasteiger partial charge < -0.3 is 14.7 Å². The van der Waals surface area contributed by atoms with Crippen molar-refractivity contribution in [1.29, 1.82) is 0 Å². The molecule has 0 fully saturated rings. The highest BCUT2D eigenvalue weighted by Crippen LogP contribution is 2.30. The maximum atomic E-state index is 10.9. The number of carbonyl (C=O) groups is 1. The van der Waals surface area contributed by atoms with Crippen molar-refractivity contribution in [3.05, 3.63) is 40.2 Å². The van der Waals surface area contributed by atoms with Crippen LogP contribution in [0.5, 0.6) is 5.88 Å². The molecule has 0 bridgehead atoms. The van der Waals surface area contributed by atoms with E-state index >= 15 is 0 Å². The lowest BCUT2D eigenvalue weighted by Crippen LogP contribution is -2.32. The fourth-order valence-electron chi connectivity index (χ4n) is 2.04. The van der Waals surface area contributed by atoms with Crippen molar-refractivity contribution >= 4 is 23.0 Å². The van der Waals surface area contributed by atoms with Crippen molar-refractivity contribution < 1.29 is 14.6 Å². The number of aromatic nitrogens is 1. The van der Waals surface area contributed by atoms with Crippen LogP contribution in [0, 0.1) is 0 Å². The van der Waals surface area contributed by atoms with E-state index in [9.17, 15) is 4.79 Å². The molecule has 1 N–H and O–H groups in total. The molecule has 0 atom stereocenters. The van der Waals surface area contributed by atoms with Crippen molar-refractivity contribution in [2.45, 2.75) is 6.54 Å². The highest BCUT2D eigenvalue weighted by Gasteiger charge is 2.19. The second-order valence-corrected chi connectivity index (χ2v) is 5.34. The molecule has 98 valence electrons. The van der Waals surface area contributed by atoms with Crippen molar-refractivity contribution in [1.82, 2.24) is 4.98 Å². The Morgan fingerprint density at radius 3 is 3.16 bits per heavy atom. The van der Waals surface area contributed by atoms with E-state index in [0.717, 1.165) is 17.1 Å². The second-order valence-electron chi connectivity index (χ2n) is 4.17. The standard InChI is InChI=1S/C13H12N2O3S/c16-13(17)11-4-3-9(19-11)8-15-6-7-18-12-10(15)2-1-5-14-12/h1-5H,6-8H2,(H,16,17). The molecule has 2 aromatic rings. The third-order valence-electron chi connectivity index (χ3n) is 2.91. The van der Waals surface area contributed by atoms with Crippen molar-refractivity contribution in [2.24, 2.45) is 0 Å². The molecule has 0 amide bonds. The quantitative estimate of drug-likeness (QED) is 0.931. The molecule has 0 saturated carbocycles. The zero-order valence-electron chi connectivity index (χ0n) is 10.1. The summed E-state index contributed by atoms with van der Waals surface area (Å²) in [7, 11) is 0. The first-order valence-corrected chi connectivity index (χ1v) is 6.70. The fraction of sp³-hybridized carbons (Fsp3) is 0.231. The van der Waals surface area contributed by atoms with Crippen LogP contribution in [0.15, 0.2) is 30.5 Å². The number of hydrogen-bond acceptors (Lipinski definition) is 5. The average molecular weight is 276 g/mol. The average Bonchev–Trinajstić information content (AvgIpc) is 2.88. The number of carboxylic acid groups (broad SMARTS) is 1. The SMILES string of the molecule is O=C(O)c1ccc(CN2CCOc3ncccc32)s1. The maximum absolute atomic E-state index is 10.9. The van der Waals surface area contributed by atoms with Crippen LogP contribution < -0.4 is 9.64 Å². The molecule has 0 aliphatic carbocycles. The van der Waals surface area contributed by atoms with Crippen LogP contribution in [0.2, 0.25) is 0 Å². The smallest absolute Gasteiger partial charge is 0.345 e. The van der Waals surface area contributed by atoms with Gasteiger partial charge in [-0.05, 0) is 24.3 Å². The Morgan fingerprint density at radius 2 is 2.37 bits per heavy atom. The lowest BCUT2D eigenvalue weighted by Gasteiger charge is -2.29. The van der Waals surface area contributed by atoms with Gasteiger partial charge in [0.2, 0.25) is 5.88 Å². The number of ether oxygens (including phenoxy) is 1. The number of thiophene rings is 1. The van der Waals surface area contributed by atoms with Gasteiger partial charge >= 0.3 is 5.97 Å². The highest BCUT2D eigenvalue weighted by atomic mass is 32.1. The molecule has 19 heavy (non-hydrogen) atoms. The summed E-state index contributed by atoms with van der Waals surface area (Å²) in [6.45, 7) is 2.06. The number of carboxylic acids is 1. The molecule has 5 nitrogen and oxygen atoms in total. The molecule has 0 saturated heterocycles. The Morgan fingerprint density at radius 1 is 1.47 bits per heavy atom. The van der Waals surface area contributed by atoms with Gasteiger partial charge in [-0.1, -0.05) is 0 Å². The molecular formula is C13H12N2O3S. The van der Waals surface area contributed by atoms with Gasteiger partial charge in [0, 0.05) is 11.1 Å². The third-order valence-corrected chi connectivity index (χ3v) is 3.97. The van der Waals surface area contributed by atoms with Crippen molar-refractivity contribution in [3.63, 3.8) is 0 Å². The van der Waals surface area contributed by atoms with Gasteiger partial charge in [-0.2, -0.15) is 0 Å². The monoisotopic (exact) mass is 276 g/mol. The molecule has 0 unspecified atom stereocenters. The van der Waals surface area contributed by atoms with Gasteiger partial charge in [-0.25, -0.2) is 9.78 Å². The number of aromatic carboxylic acids is 1. The molecule has 2 aromatic heterocycles. The van der Waals surface area contributed by atoms with Crippen molar-refractivity contribution in [2.75, 3.05) is 18.1 Å². The lowest BCUT2D eigenvalue weighted by atomic mass is 10.3. The van der Waals surface area contributed by atoms with E-state index in [2.05, 4.69) is 9.88 Å². The van der Waals surface area contributed by atoms with Crippen LogP contribution in [0.1, 0.15) is 14.5 Å². The molecule has 1 aliphatic rings. The normalized spacial score (nSPS) is 13.8. The summed E-state index contributed by atoms with van der Waals surface area (Å²) in [4.78, 5) is 18.6. The summed E-state index contributed by atoms with van der Waals surface area (Å²) >= 11 is 1.31. The Bertz CT molecular complexity index is 611. The number of rotatable bonds is 3. The van der Waals surface area contributed by atoms with E-state index in [-0.39, 0.29) is 0 Å². The second kappa shape index (κ2) is 4.89. The van der Waals surface area contributed by atoms with Gasteiger partial charge in [-0.15, -0.1) is 11.3 Å². The Hall–Kier alpha value is -2.08. The number of hydrogen-bond donors (Lipinski definition) is 1. The maximum Gasteiger partial charge on any atom is 0.345 e. The van der Waals surface area contributed by atoms with E-state index in [1.165, 1.54) is 11.3 Å². The van der Waals surface area contributed by atoms with E-state index in [0.29, 0.717) is 23.9 Å². The molecule has 3 heterocycles. The van der Waals surface area contributed by atoms with Crippen LogP contribution in [0.25, 0.3) is 0 Å².